The molecule has 4 heteroatoms. The van der Waals surface area contributed by atoms with Crippen molar-refractivity contribution in [3.63, 3.8) is 0 Å². The van der Waals surface area contributed by atoms with Crippen LogP contribution in [-0.4, -0.2) is 29.5 Å². The normalized spacial score (nSPS) is 16.2. The van der Waals surface area contributed by atoms with Crippen LogP contribution in [0.25, 0.3) is 0 Å². The molecule has 2 heterocycles. The number of rotatable bonds is 5. The molecule has 1 aliphatic rings. The fourth-order valence-corrected chi connectivity index (χ4v) is 1.83. The zero-order chi connectivity index (χ0) is 11.2. The fraction of sp³-hybridized carbons (Fsp3) is 0.583. The van der Waals surface area contributed by atoms with Gasteiger partial charge in [-0.3, -0.25) is 4.68 Å². The molecule has 1 aliphatic heterocycles. The third-order valence-corrected chi connectivity index (χ3v) is 2.91. The second kappa shape index (κ2) is 5.82. The second-order valence-electron chi connectivity index (χ2n) is 4.06. The van der Waals surface area contributed by atoms with Crippen molar-refractivity contribution in [2.45, 2.75) is 19.4 Å². The van der Waals surface area contributed by atoms with E-state index in [0.29, 0.717) is 0 Å². The van der Waals surface area contributed by atoms with Crippen LogP contribution in [0.2, 0.25) is 0 Å². The maximum absolute atomic E-state index is 5.27. The van der Waals surface area contributed by atoms with Crippen molar-refractivity contribution in [3.05, 3.63) is 29.6 Å². The van der Waals surface area contributed by atoms with Crippen molar-refractivity contribution in [1.82, 2.24) is 15.1 Å². The highest BCUT2D eigenvalue weighted by Gasteiger charge is 2.03. The van der Waals surface area contributed by atoms with Gasteiger partial charge in [-0.2, -0.15) is 5.10 Å². The largest absolute Gasteiger partial charge is 0.377 e. The Labute approximate surface area is 96.3 Å². The number of aryl methyl sites for hydroxylation is 1. The van der Waals surface area contributed by atoms with Gasteiger partial charge in [0.25, 0.3) is 0 Å². The van der Waals surface area contributed by atoms with Gasteiger partial charge < -0.3 is 10.1 Å². The molecule has 0 unspecified atom stereocenters. The van der Waals surface area contributed by atoms with Crippen LogP contribution >= 0.6 is 0 Å². The topological polar surface area (TPSA) is 39.1 Å². The molecule has 0 saturated heterocycles. The summed E-state index contributed by atoms with van der Waals surface area (Å²) in [7, 11) is 1.97. The van der Waals surface area contributed by atoms with Crippen molar-refractivity contribution in [2.75, 3.05) is 19.8 Å². The van der Waals surface area contributed by atoms with Crippen LogP contribution in [0.4, 0.5) is 0 Å². The smallest absolute Gasteiger partial charge is 0.0650 e. The van der Waals surface area contributed by atoms with Crippen LogP contribution in [0, 0.1) is 0 Å². The van der Waals surface area contributed by atoms with E-state index in [2.05, 4.69) is 16.5 Å². The number of hydrogen-bond donors (Lipinski definition) is 1. The first-order valence-electron chi connectivity index (χ1n) is 5.79. The predicted octanol–water partition coefficient (Wildman–Crippen LogP) is 1.25. The highest BCUT2D eigenvalue weighted by molar-refractivity contribution is 5.05. The summed E-state index contributed by atoms with van der Waals surface area (Å²) in [5, 5.41) is 7.57. The van der Waals surface area contributed by atoms with Gasteiger partial charge in [0.1, 0.15) is 0 Å². The summed E-state index contributed by atoms with van der Waals surface area (Å²) in [5.41, 5.74) is 2.74. The molecule has 88 valence electrons. The molecule has 0 amide bonds. The van der Waals surface area contributed by atoms with Crippen LogP contribution < -0.4 is 5.32 Å². The molecular formula is C12H19N3O. The number of nitrogens with one attached hydrogen (secondary N) is 1. The summed E-state index contributed by atoms with van der Waals surface area (Å²) in [4.78, 5) is 0. The van der Waals surface area contributed by atoms with Gasteiger partial charge in [0.15, 0.2) is 0 Å². The Morgan fingerprint density at radius 3 is 3.19 bits per heavy atom. The average Bonchev–Trinajstić information content (AvgIpc) is 2.72. The molecule has 0 fully saturated rings. The van der Waals surface area contributed by atoms with Gasteiger partial charge >= 0.3 is 0 Å². The first kappa shape index (κ1) is 11.4. The van der Waals surface area contributed by atoms with Gasteiger partial charge in [-0.15, -0.1) is 0 Å². The molecule has 0 aliphatic carbocycles. The third kappa shape index (κ3) is 3.18. The van der Waals surface area contributed by atoms with E-state index in [0.717, 1.165) is 39.1 Å². The summed E-state index contributed by atoms with van der Waals surface area (Å²) in [5.74, 6) is 0. The van der Waals surface area contributed by atoms with Gasteiger partial charge in [-0.05, 0) is 25.5 Å². The quantitative estimate of drug-likeness (QED) is 0.601. The number of ether oxygens (including phenoxy) is 1. The lowest BCUT2D eigenvalue weighted by atomic mass is 10.1. The summed E-state index contributed by atoms with van der Waals surface area (Å²) in [6, 6.07) is 2.04. The van der Waals surface area contributed by atoms with Gasteiger partial charge in [-0.25, -0.2) is 0 Å². The fourth-order valence-electron chi connectivity index (χ4n) is 1.83. The molecule has 16 heavy (non-hydrogen) atoms. The van der Waals surface area contributed by atoms with Crippen LogP contribution in [0.5, 0.6) is 0 Å². The van der Waals surface area contributed by atoms with Crippen molar-refractivity contribution in [3.8, 4) is 0 Å². The molecule has 0 spiro atoms. The van der Waals surface area contributed by atoms with Crippen molar-refractivity contribution in [1.29, 1.82) is 0 Å². The molecule has 1 aromatic rings. The number of aromatic nitrogens is 2. The van der Waals surface area contributed by atoms with Crippen LogP contribution in [-0.2, 0) is 18.3 Å². The van der Waals surface area contributed by atoms with Crippen LogP contribution in [0.1, 0.15) is 18.5 Å². The molecule has 4 nitrogen and oxygen atoms in total. The highest BCUT2D eigenvalue weighted by Crippen LogP contribution is 2.10. The molecule has 1 aromatic heterocycles. The zero-order valence-corrected chi connectivity index (χ0v) is 9.78. The lowest BCUT2D eigenvalue weighted by Crippen LogP contribution is -2.18. The standard InChI is InChI=1S/C12H19N3O/c1-15-12(3-7-14-15)10-13-6-2-11-4-8-16-9-5-11/h3-4,7,13H,2,5-6,8-10H2,1H3. The minimum Gasteiger partial charge on any atom is -0.377 e. The monoisotopic (exact) mass is 221 g/mol. The molecule has 2 rings (SSSR count). The lowest BCUT2D eigenvalue weighted by Gasteiger charge is -2.13. The molecule has 0 aromatic carbocycles. The minimum absolute atomic E-state index is 0.789. The van der Waals surface area contributed by atoms with Gasteiger partial charge in [0.05, 0.1) is 18.9 Å². The van der Waals surface area contributed by atoms with Crippen LogP contribution in [0.3, 0.4) is 0 Å². The first-order chi connectivity index (χ1) is 7.86. The van der Waals surface area contributed by atoms with E-state index in [4.69, 9.17) is 4.74 Å². The van der Waals surface area contributed by atoms with Crippen molar-refractivity contribution in [2.24, 2.45) is 7.05 Å². The van der Waals surface area contributed by atoms with Gasteiger partial charge in [-0.1, -0.05) is 11.6 Å². The van der Waals surface area contributed by atoms with E-state index < -0.39 is 0 Å². The molecule has 0 radical (unpaired) electrons. The van der Waals surface area contributed by atoms with E-state index in [1.807, 2.05) is 24.0 Å². The third-order valence-electron chi connectivity index (χ3n) is 2.91. The zero-order valence-electron chi connectivity index (χ0n) is 9.78. The van der Waals surface area contributed by atoms with E-state index in [1.54, 1.807) is 0 Å². The maximum Gasteiger partial charge on any atom is 0.0650 e. The Kier molecular flexibility index (Phi) is 4.13. The SMILES string of the molecule is Cn1nccc1CNCCC1=CCOCC1. The Morgan fingerprint density at radius 2 is 2.50 bits per heavy atom. The summed E-state index contributed by atoms with van der Waals surface area (Å²) >= 11 is 0. The Hall–Kier alpha value is -1.13. The first-order valence-corrected chi connectivity index (χ1v) is 5.79. The van der Waals surface area contributed by atoms with Crippen LogP contribution in [0.15, 0.2) is 23.9 Å². The van der Waals surface area contributed by atoms with E-state index in [-0.39, 0.29) is 0 Å². The number of hydrogen-bond acceptors (Lipinski definition) is 3. The Bertz CT molecular complexity index is 357. The summed E-state index contributed by atoms with van der Waals surface area (Å²) in [6.07, 6.45) is 6.25. The molecular weight excluding hydrogens is 202 g/mol. The highest BCUT2D eigenvalue weighted by atomic mass is 16.5. The minimum atomic E-state index is 0.789. The van der Waals surface area contributed by atoms with Gasteiger partial charge in [0, 0.05) is 19.8 Å². The van der Waals surface area contributed by atoms with E-state index >= 15 is 0 Å². The van der Waals surface area contributed by atoms with Crippen molar-refractivity contribution >= 4 is 0 Å². The molecule has 1 N–H and O–H groups in total. The lowest BCUT2D eigenvalue weighted by molar-refractivity contribution is 0.153. The maximum atomic E-state index is 5.27. The Balaban J connectivity index is 1.65. The molecule has 0 atom stereocenters. The molecule has 0 saturated carbocycles. The number of nitrogens with zero attached hydrogens (tertiary/aromatic N) is 2. The molecule has 0 bridgehead atoms. The Morgan fingerprint density at radius 1 is 1.56 bits per heavy atom. The summed E-state index contributed by atoms with van der Waals surface area (Å²) in [6.45, 7) is 3.59. The van der Waals surface area contributed by atoms with Crippen molar-refractivity contribution < 1.29 is 4.74 Å². The average molecular weight is 221 g/mol. The summed E-state index contributed by atoms with van der Waals surface area (Å²) < 4.78 is 7.18. The van der Waals surface area contributed by atoms with Gasteiger partial charge in [0.2, 0.25) is 0 Å². The predicted molar refractivity (Wildman–Crippen MR) is 63.1 cm³/mol. The second-order valence-corrected chi connectivity index (χ2v) is 4.06. The van der Waals surface area contributed by atoms with E-state index in [1.165, 1.54) is 11.3 Å². The van der Waals surface area contributed by atoms with E-state index in [9.17, 15) is 0 Å².